The number of ether oxygens (including phenoxy) is 1. The molecular weight excluding hydrogens is 324 g/mol. The fourth-order valence-corrected chi connectivity index (χ4v) is 1.73. The first kappa shape index (κ1) is 18.7. The van der Waals surface area contributed by atoms with Gasteiger partial charge in [0.15, 0.2) is 0 Å². The van der Waals surface area contributed by atoms with E-state index in [4.69, 9.17) is 20.4 Å². The fourth-order valence-electron chi connectivity index (χ4n) is 1.73. The normalized spacial score (nSPS) is 13.2. The van der Waals surface area contributed by atoms with Crippen LogP contribution >= 0.6 is 0 Å². The van der Waals surface area contributed by atoms with Crippen LogP contribution in [-0.4, -0.2) is 50.4 Å². The molecule has 1 aromatic rings. The molecule has 0 aliphatic heterocycles. The van der Waals surface area contributed by atoms with E-state index in [1.807, 2.05) is 0 Å². The van der Waals surface area contributed by atoms with E-state index in [-0.39, 0.29) is 5.75 Å². The minimum Gasteiger partial charge on any atom is -0.508 e. The molecule has 9 heteroatoms. The Hall–Kier alpha value is -3.36. The summed E-state index contributed by atoms with van der Waals surface area (Å²) < 4.78 is 4.56. The Kier molecular flexibility index (Phi) is 6.48. The Morgan fingerprint density at radius 3 is 2.04 bits per heavy atom. The van der Waals surface area contributed by atoms with Gasteiger partial charge < -0.3 is 25.2 Å². The zero-order chi connectivity index (χ0) is 18.3. The number of benzene rings is 1. The monoisotopic (exact) mass is 338 g/mol. The van der Waals surface area contributed by atoms with Gasteiger partial charge in [-0.3, -0.25) is 9.59 Å². The third-order valence-corrected chi connectivity index (χ3v) is 2.87. The second-order valence-electron chi connectivity index (χ2n) is 4.66. The molecule has 0 fully saturated rings. The van der Waals surface area contributed by atoms with E-state index in [9.17, 15) is 19.2 Å². The van der Waals surface area contributed by atoms with Gasteiger partial charge in [-0.25, -0.2) is 9.59 Å². The van der Waals surface area contributed by atoms with Crippen molar-refractivity contribution >= 4 is 30.0 Å². The minimum atomic E-state index is -2.14. The lowest BCUT2D eigenvalue weighted by atomic mass is 9.98. The van der Waals surface area contributed by atoms with Crippen LogP contribution in [0.4, 0.5) is 0 Å². The van der Waals surface area contributed by atoms with Crippen molar-refractivity contribution in [2.45, 2.75) is 12.5 Å². The van der Waals surface area contributed by atoms with Crippen molar-refractivity contribution in [3.05, 3.63) is 35.9 Å². The van der Waals surface area contributed by atoms with E-state index in [0.717, 1.165) is 6.08 Å². The van der Waals surface area contributed by atoms with Crippen LogP contribution in [0.3, 0.4) is 0 Å². The molecule has 24 heavy (non-hydrogen) atoms. The molecule has 0 spiro atoms. The molecule has 0 saturated carbocycles. The fraction of sp³-hybridized carbons (Fsp3) is 0.200. The highest BCUT2D eigenvalue weighted by Crippen LogP contribution is 2.15. The van der Waals surface area contributed by atoms with Crippen molar-refractivity contribution in [3.63, 3.8) is 0 Å². The highest BCUT2D eigenvalue weighted by atomic mass is 16.6. The summed E-state index contributed by atoms with van der Waals surface area (Å²) in [6.07, 6.45) is -1.03. The molecular formula is C15H14O9. The molecule has 0 radical (unpaired) electrons. The number of carbonyl (C=O) groups excluding carboxylic acids is 1. The topological polar surface area (TPSA) is 158 Å². The third kappa shape index (κ3) is 5.79. The van der Waals surface area contributed by atoms with Crippen LogP contribution in [-0.2, 0) is 23.9 Å². The maximum absolute atomic E-state index is 11.6. The van der Waals surface area contributed by atoms with Gasteiger partial charge in [0.25, 0.3) is 0 Å². The Balaban J connectivity index is 2.85. The number of hydrogen-bond acceptors (Lipinski definition) is 6. The Morgan fingerprint density at radius 2 is 1.58 bits per heavy atom. The highest BCUT2D eigenvalue weighted by molar-refractivity contribution is 5.91. The van der Waals surface area contributed by atoms with Gasteiger partial charge in [-0.2, -0.15) is 0 Å². The summed E-state index contributed by atoms with van der Waals surface area (Å²) in [6.45, 7) is 0. The van der Waals surface area contributed by atoms with Crippen LogP contribution in [0.2, 0.25) is 0 Å². The molecule has 4 N–H and O–H groups in total. The number of rotatable bonds is 8. The quantitative estimate of drug-likeness (QED) is 0.393. The van der Waals surface area contributed by atoms with E-state index >= 15 is 0 Å². The third-order valence-electron chi connectivity index (χ3n) is 2.87. The molecule has 9 nitrogen and oxygen atoms in total. The number of carboxylic acid groups (broad SMARTS) is 3. The lowest BCUT2D eigenvalue weighted by Gasteiger charge is -2.18. The first-order valence-corrected chi connectivity index (χ1v) is 6.56. The van der Waals surface area contributed by atoms with Gasteiger partial charge >= 0.3 is 23.9 Å². The number of carbonyl (C=O) groups is 4. The number of phenols is 1. The molecule has 128 valence electrons. The number of esters is 1. The predicted octanol–water partition coefficient (Wildman–Crippen LogP) is 0.577. The first-order chi connectivity index (χ1) is 11.2. The molecule has 1 aromatic carbocycles. The lowest BCUT2D eigenvalue weighted by molar-refractivity contribution is -0.172. The highest BCUT2D eigenvalue weighted by Gasteiger charge is 2.38. The van der Waals surface area contributed by atoms with Crippen molar-refractivity contribution in [3.8, 4) is 5.75 Å². The summed E-state index contributed by atoms with van der Waals surface area (Å²) in [5.41, 5.74) is 0.497. The predicted molar refractivity (Wildman–Crippen MR) is 78.0 cm³/mol. The van der Waals surface area contributed by atoms with Crippen molar-refractivity contribution in [1.29, 1.82) is 0 Å². The largest absolute Gasteiger partial charge is 0.508 e. The second-order valence-corrected chi connectivity index (χ2v) is 4.66. The van der Waals surface area contributed by atoms with Crippen LogP contribution in [0.15, 0.2) is 30.3 Å². The van der Waals surface area contributed by atoms with Crippen LogP contribution in [0.25, 0.3) is 6.08 Å². The van der Waals surface area contributed by atoms with E-state index in [2.05, 4.69) is 4.74 Å². The van der Waals surface area contributed by atoms with Gasteiger partial charge in [-0.15, -0.1) is 0 Å². The number of phenolic OH excluding ortho intramolecular Hbond substituents is 1. The van der Waals surface area contributed by atoms with Crippen LogP contribution in [0.5, 0.6) is 5.75 Å². The van der Waals surface area contributed by atoms with Gasteiger partial charge in [0.2, 0.25) is 6.10 Å². The van der Waals surface area contributed by atoms with Gasteiger partial charge in [0.05, 0.1) is 6.42 Å². The molecule has 0 aromatic heterocycles. The number of hydrogen-bond donors (Lipinski definition) is 4. The molecule has 0 aliphatic carbocycles. The second kappa shape index (κ2) is 8.32. The Bertz CT molecular complexity index is 660. The average molecular weight is 338 g/mol. The minimum absolute atomic E-state index is 0.0126. The lowest BCUT2D eigenvalue weighted by Crippen LogP contribution is -2.39. The maximum atomic E-state index is 11.6. The number of aliphatic carboxylic acids is 3. The SMILES string of the molecule is O=C(O)C[C@H](C(=O)O)[C@@H](OC(=O)C=Cc1ccc(O)cc1)C(=O)O. The van der Waals surface area contributed by atoms with Crippen molar-refractivity contribution < 1.29 is 44.3 Å². The zero-order valence-electron chi connectivity index (χ0n) is 12.2. The van der Waals surface area contributed by atoms with E-state index < -0.39 is 42.3 Å². The van der Waals surface area contributed by atoms with Crippen LogP contribution < -0.4 is 0 Å². The number of aromatic hydroxyl groups is 1. The average Bonchev–Trinajstić information content (AvgIpc) is 2.49. The van der Waals surface area contributed by atoms with Gasteiger partial charge in [-0.1, -0.05) is 12.1 Å². The molecule has 1 rings (SSSR count). The maximum Gasteiger partial charge on any atom is 0.345 e. The summed E-state index contributed by atoms with van der Waals surface area (Å²) in [6, 6.07) is 5.66. The summed E-state index contributed by atoms with van der Waals surface area (Å²) in [7, 11) is 0. The first-order valence-electron chi connectivity index (χ1n) is 6.56. The zero-order valence-corrected chi connectivity index (χ0v) is 12.2. The van der Waals surface area contributed by atoms with E-state index in [0.29, 0.717) is 5.56 Å². The van der Waals surface area contributed by atoms with Gasteiger partial charge in [0.1, 0.15) is 11.7 Å². The standard InChI is InChI=1S/C15H14O9/c16-9-4-1-8(2-5-9)3-6-12(19)24-13(15(22)23)10(14(20)21)7-11(17)18/h1-6,10,13,16H,7H2,(H,17,18)(H,20,21)(H,22,23)/t10-,13+/m0/s1. The molecule has 2 atom stereocenters. The van der Waals surface area contributed by atoms with Crippen molar-refractivity contribution in [2.75, 3.05) is 0 Å². The molecule has 0 amide bonds. The molecule has 0 saturated heterocycles. The van der Waals surface area contributed by atoms with Crippen LogP contribution in [0.1, 0.15) is 12.0 Å². The molecule has 0 heterocycles. The van der Waals surface area contributed by atoms with Gasteiger partial charge in [-0.05, 0) is 23.8 Å². The van der Waals surface area contributed by atoms with Crippen molar-refractivity contribution in [2.24, 2.45) is 5.92 Å². The molecule has 0 unspecified atom stereocenters. The summed E-state index contributed by atoms with van der Waals surface area (Å²) >= 11 is 0. The summed E-state index contributed by atoms with van der Waals surface area (Å²) in [5, 5.41) is 35.7. The summed E-state index contributed by atoms with van der Waals surface area (Å²) in [4.78, 5) is 44.4. The van der Waals surface area contributed by atoms with E-state index in [1.54, 1.807) is 0 Å². The number of carboxylic acids is 3. The van der Waals surface area contributed by atoms with E-state index in [1.165, 1.54) is 30.3 Å². The molecule has 0 aliphatic rings. The summed E-state index contributed by atoms with van der Waals surface area (Å²) in [5.74, 6) is -8.07. The molecule has 0 bridgehead atoms. The Labute approximate surface area is 135 Å². The van der Waals surface area contributed by atoms with Crippen molar-refractivity contribution in [1.82, 2.24) is 0 Å². The smallest absolute Gasteiger partial charge is 0.345 e. The van der Waals surface area contributed by atoms with Gasteiger partial charge in [0, 0.05) is 6.08 Å². The van der Waals surface area contributed by atoms with Crippen LogP contribution in [0, 0.1) is 5.92 Å². The Morgan fingerprint density at radius 1 is 1.00 bits per heavy atom.